The standard InChI is InChI=1S/C24H26N4O2/c1-4-30-18-7-5-17(6-8-18)23(29)28-21-14-24(2,3)13-20-19(21)15-26-22(27-20)16-9-11-25-12-10-16/h5-12,15,21H,4,13-14H2,1-3H3,(H,28,29). The van der Waals surface area contributed by atoms with Crippen molar-refractivity contribution < 1.29 is 9.53 Å². The Bertz CT molecular complexity index is 1030. The number of amides is 1. The highest BCUT2D eigenvalue weighted by molar-refractivity contribution is 5.94. The highest BCUT2D eigenvalue weighted by Gasteiger charge is 2.34. The normalized spacial score (nSPS) is 17.1. The monoisotopic (exact) mass is 402 g/mol. The topological polar surface area (TPSA) is 77.0 Å². The van der Waals surface area contributed by atoms with Gasteiger partial charge in [0, 0.05) is 35.3 Å². The lowest BCUT2D eigenvalue weighted by molar-refractivity contribution is 0.0919. The third kappa shape index (κ3) is 4.32. The summed E-state index contributed by atoms with van der Waals surface area (Å²) in [6.45, 7) is 6.95. The lowest BCUT2D eigenvalue weighted by atomic mass is 9.74. The molecule has 0 saturated carbocycles. The van der Waals surface area contributed by atoms with E-state index in [-0.39, 0.29) is 17.4 Å². The zero-order chi connectivity index (χ0) is 21.1. The van der Waals surface area contributed by atoms with Crippen LogP contribution in [0.4, 0.5) is 0 Å². The van der Waals surface area contributed by atoms with Gasteiger partial charge in [-0.2, -0.15) is 0 Å². The molecule has 2 aromatic heterocycles. The predicted octanol–water partition coefficient (Wildman–Crippen LogP) is 4.38. The summed E-state index contributed by atoms with van der Waals surface area (Å²) in [7, 11) is 0. The van der Waals surface area contributed by atoms with Gasteiger partial charge in [-0.3, -0.25) is 9.78 Å². The number of hydrogen-bond acceptors (Lipinski definition) is 5. The first-order chi connectivity index (χ1) is 14.4. The van der Waals surface area contributed by atoms with Crippen LogP contribution >= 0.6 is 0 Å². The van der Waals surface area contributed by atoms with Crippen molar-refractivity contribution in [3.63, 3.8) is 0 Å². The van der Waals surface area contributed by atoms with Crippen LogP contribution in [0.1, 0.15) is 54.8 Å². The van der Waals surface area contributed by atoms with E-state index in [1.54, 1.807) is 24.5 Å². The maximum absolute atomic E-state index is 12.9. The smallest absolute Gasteiger partial charge is 0.251 e. The Balaban J connectivity index is 1.59. The van der Waals surface area contributed by atoms with Crippen LogP contribution in [-0.4, -0.2) is 27.5 Å². The molecular weight excluding hydrogens is 376 g/mol. The molecule has 0 bridgehead atoms. The Hall–Kier alpha value is -3.28. The Morgan fingerprint density at radius 3 is 2.60 bits per heavy atom. The molecule has 154 valence electrons. The Labute approximate surface area is 176 Å². The summed E-state index contributed by atoms with van der Waals surface area (Å²) in [5, 5.41) is 3.19. The highest BCUT2D eigenvalue weighted by Crippen LogP contribution is 2.40. The lowest BCUT2D eigenvalue weighted by Crippen LogP contribution is -2.37. The summed E-state index contributed by atoms with van der Waals surface area (Å²) >= 11 is 0. The van der Waals surface area contributed by atoms with Gasteiger partial charge in [-0.05, 0) is 61.6 Å². The molecule has 1 aliphatic carbocycles. The van der Waals surface area contributed by atoms with Crippen LogP contribution in [0, 0.1) is 5.41 Å². The second-order valence-corrected chi connectivity index (χ2v) is 8.36. The number of fused-ring (bicyclic) bond motifs is 1. The second-order valence-electron chi connectivity index (χ2n) is 8.36. The minimum absolute atomic E-state index is 0.0215. The molecule has 1 unspecified atom stereocenters. The minimum atomic E-state index is -0.130. The molecule has 0 spiro atoms. The van der Waals surface area contributed by atoms with E-state index in [4.69, 9.17) is 9.72 Å². The molecule has 1 aliphatic rings. The Kier molecular flexibility index (Phi) is 5.48. The van der Waals surface area contributed by atoms with Crippen molar-refractivity contribution in [1.82, 2.24) is 20.3 Å². The van der Waals surface area contributed by atoms with Gasteiger partial charge in [-0.25, -0.2) is 9.97 Å². The number of carbonyl (C=O) groups excluding carboxylic acids is 1. The van der Waals surface area contributed by atoms with Crippen LogP contribution in [0.25, 0.3) is 11.4 Å². The van der Waals surface area contributed by atoms with E-state index in [9.17, 15) is 4.79 Å². The average Bonchev–Trinajstić information content (AvgIpc) is 2.74. The second kappa shape index (κ2) is 8.22. The van der Waals surface area contributed by atoms with E-state index in [1.807, 2.05) is 37.4 Å². The number of aromatic nitrogens is 3. The summed E-state index contributed by atoms with van der Waals surface area (Å²) in [5.74, 6) is 1.34. The van der Waals surface area contributed by atoms with Gasteiger partial charge in [-0.15, -0.1) is 0 Å². The van der Waals surface area contributed by atoms with Crippen molar-refractivity contribution in [3.8, 4) is 17.1 Å². The first-order valence-electron chi connectivity index (χ1n) is 10.2. The molecule has 1 N–H and O–H groups in total. The number of rotatable bonds is 5. The minimum Gasteiger partial charge on any atom is -0.494 e. The van der Waals surface area contributed by atoms with Crippen LogP contribution in [0.2, 0.25) is 0 Å². The van der Waals surface area contributed by atoms with Crippen molar-refractivity contribution >= 4 is 5.91 Å². The summed E-state index contributed by atoms with van der Waals surface area (Å²) in [4.78, 5) is 26.4. The number of pyridine rings is 1. The molecule has 0 fully saturated rings. The maximum Gasteiger partial charge on any atom is 0.251 e. The van der Waals surface area contributed by atoms with Gasteiger partial charge in [-0.1, -0.05) is 13.8 Å². The van der Waals surface area contributed by atoms with Crippen LogP contribution in [0.3, 0.4) is 0 Å². The van der Waals surface area contributed by atoms with Crippen molar-refractivity contribution in [2.45, 2.75) is 39.7 Å². The SMILES string of the molecule is CCOc1ccc(C(=O)NC2CC(C)(C)Cc3nc(-c4ccncc4)ncc32)cc1. The summed E-state index contributed by atoms with van der Waals surface area (Å²) < 4.78 is 5.46. The first kappa shape index (κ1) is 20.0. The van der Waals surface area contributed by atoms with Crippen molar-refractivity contribution in [2.75, 3.05) is 6.61 Å². The van der Waals surface area contributed by atoms with Gasteiger partial charge in [0.15, 0.2) is 5.82 Å². The molecule has 0 saturated heterocycles. The molecule has 0 radical (unpaired) electrons. The van der Waals surface area contributed by atoms with Gasteiger partial charge in [0.25, 0.3) is 5.91 Å². The maximum atomic E-state index is 12.9. The van der Waals surface area contributed by atoms with Gasteiger partial charge in [0.1, 0.15) is 5.75 Å². The zero-order valence-electron chi connectivity index (χ0n) is 17.6. The van der Waals surface area contributed by atoms with Crippen LogP contribution in [-0.2, 0) is 6.42 Å². The molecular formula is C24H26N4O2. The van der Waals surface area contributed by atoms with Crippen LogP contribution in [0.5, 0.6) is 5.75 Å². The predicted molar refractivity (Wildman–Crippen MR) is 115 cm³/mol. The van der Waals surface area contributed by atoms with Crippen LogP contribution < -0.4 is 10.1 Å². The summed E-state index contributed by atoms with van der Waals surface area (Å²) in [6, 6.07) is 10.9. The Morgan fingerprint density at radius 2 is 1.90 bits per heavy atom. The third-order valence-electron chi connectivity index (χ3n) is 5.35. The zero-order valence-corrected chi connectivity index (χ0v) is 17.6. The average molecular weight is 402 g/mol. The van der Waals surface area contributed by atoms with E-state index in [0.717, 1.165) is 35.4 Å². The molecule has 6 heteroatoms. The van der Waals surface area contributed by atoms with Gasteiger partial charge in [0.2, 0.25) is 0 Å². The molecule has 2 heterocycles. The molecule has 6 nitrogen and oxygen atoms in total. The van der Waals surface area contributed by atoms with Gasteiger partial charge >= 0.3 is 0 Å². The number of nitrogens with zero attached hydrogens (tertiary/aromatic N) is 3. The van der Waals surface area contributed by atoms with E-state index < -0.39 is 0 Å². The summed E-state index contributed by atoms with van der Waals surface area (Å²) in [6.07, 6.45) is 7.01. The molecule has 1 atom stereocenters. The quantitative estimate of drug-likeness (QED) is 0.685. The van der Waals surface area contributed by atoms with Crippen molar-refractivity contribution in [3.05, 3.63) is 71.8 Å². The fourth-order valence-corrected chi connectivity index (χ4v) is 3.93. The Morgan fingerprint density at radius 1 is 1.17 bits per heavy atom. The van der Waals surface area contributed by atoms with Crippen molar-refractivity contribution in [2.24, 2.45) is 5.41 Å². The van der Waals surface area contributed by atoms with Gasteiger partial charge < -0.3 is 10.1 Å². The van der Waals surface area contributed by atoms with E-state index >= 15 is 0 Å². The molecule has 30 heavy (non-hydrogen) atoms. The number of nitrogens with one attached hydrogen (secondary N) is 1. The van der Waals surface area contributed by atoms with E-state index in [1.165, 1.54) is 0 Å². The van der Waals surface area contributed by atoms with Crippen LogP contribution in [0.15, 0.2) is 55.0 Å². The number of benzene rings is 1. The highest BCUT2D eigenvalue weighted by atomic mass is 16.5. The number of ether oxygens (including phenoxy) is 1. The largest absolute Gasteiger partial charge is 0.494 e. The lowest BCUT2D eigenvalue weighted by Gasteiger charge is -2.36. The van der Waals surface area contributed by atoms with Crippen molar-refractivity contribution in [1.29, 1.82) is 0 Å². The van der Waals surface area contributed by atoms with Gasteiger partial charge in [0.05, 0.1) is 18.3 Å². The fourth-order valence-electron chi connectivity index (χ4n) is 3.93. The molecule has 0 aliphatic heterocycles. The number of hydrogen-bond donors (Lipinski definition) is 1. The number of carbonyl (C=O) groups is 1. The van der Waals surface area contributed by atoms with E-state index in [0.29, 0.717) is 18.0 Å². The fraction of sp³-hybridized carbons (Fsp3) is 0.333. The molecule has 4 rings (SSSR count). The summed E-state index contributed by atoms with van der Waals surface area (Å²) in [5.41, 5.74) is 3.55. The first-order valence-corrected chi connectivity index (χ1v) is 10.2. The van der Waals surface area contributed by atoms with E-state index in [2.05, 4.69) is 29.1 Å². The molecule has 3 aromatic rings. The third-order valence-corrected chi connectivity index (χ3v) is 5.35. The molecule has 1 amide bonds. The molecule has 1 aromatic carbocycles.